The third-order valence-corrected chi connectivity index (χ3v) is 3.19. The van der Waals surface area contributed by atoms with E-state index in [0.717, 1.165) is 22.6 Å². The maximum atomic E-state index is 5.91. The second-order valence-electron chi connectivity index (χ2n) is 4.88. The van der Waals surface area contributed by atoms with E-state index in [9.17, 15) is 0 Å². The van der Waals surface area contributed by atoms with Crippen LogP contribution in [0.1, 0.15) is 16.7 Å². The summed E-state index contributed by atoms with van der Waals surface area (Å²) in [7, 11) is 0. The van der Waals surface area contributed by atoms with E-state index in [1.54, 1.807) is 0 Å². The lowest BCUT2D eigenvalue weighted by Crippen LogP contribution is -2.14. The SMILES string of the molecule is Cc1cccc(OCc2cc(N)cc3c2OCOC3)c1. The fraction of sp³-hybridized carbons (Fsp3) is 0.250. The lowest BCUT2D eigenvalue weighted by atomic mass is 10.1. The number of hydrogen-bond donors (Lipinski definition) is 1. The van der Waals surface area contributed by atoms with Gasteiger partial charge in [0.2, 0.25) is 0 Å². The Balaban J connectivity index is 1.82. The highest BCUT2D eigenvalue weighted by Gasteiger charge is 2.16. The van der Waals surface area contributed by atoms with Crippen LogP contribution in [-0.4, -0.2) is 6.79 Å². The maximum Gasteiger partial charge on any atom is 0.189 e. The molecule has 0 bridgehead atoms. The standard InChI is InChI=1S/C16H17NO3/c1-11-3-2-4-15(5-11)19-9-13-7-14(17)6-12-8-18-10-20-16(12)13/h2-7H,8-10,17H2,1H3. The molecule has 20 heavy (non-hydrogen) atoms. The van der Waals surface area contributed by atoms with Crippen molar-refractivity contribution < 1.29 is 14.2 Å². The van der Waals surface area contributed by atoms with Gasteiger partial charge in [-0.05, 0) is 36.8 Å². The van der Waals surface area contributed by atoms with E-state index in [1.807, 2.05) is 43.3 Å². The van der Waals surface area contributed by atoms with Gasteiger partial charge in [-0.1, -0.05) is 12.1 Å². The quantitative estimate of drug-likeness (QED) is 0.872. The zero-order chi connectivity index (χ0) is 13.9. The van der Waals surface area contributed by atoms with Crippen molar-refractivity contribution in [2.45, 2.75) is 20.1 Å². The molecule has 1 heterocycles. The third kappa shape index (κ3) is 2.70. The predicted molar refractivity (Wildman–Crippen MR) is 76.6 cm³/mol. The number of aryl methyl sites for hydroxylation is 1. The van der Waals surface area contributed by atoms with Crippen molar-refractivity contribution in [2.75, 3.05) is 12.5 Å². The van der Waals surface area contributed by atoms with E-state index in [0.29, 0.717) is 18.9 Å². The average Bonchev–Trinajstić information content (AvgIpc) is 2.44. The molecule has 4 nitrogen and oxygen atoms in total. The monoisotopic (exact) mass is 271 g/mol. The van der Waals surface area contributed by atoms with Gasteiger partial charge in [-0.3, -0.25) is 0 Å². The Morgan fingerprint density at radius 2 is 2.15 bits per heavy atom. The summed E-state index contributed by atoms with van der Waals surface area (Å²) in [5, 5.41) is 0. The van der Waals surface area contributed by atoms with E-state index < -0.39 is 0 Å². The Morgan fingerprint density at radius 1 is 1.25 bits per heavy atom. The first-order valence-electron chi connectivity index (χ1n) is 6.53. The number of anilines is 1. The number of benzene rings is 2. The summed E-state index contributed by atoms with van der Waals surface area (Å²) in [6.45, 7) is 3.26. The maximum absolute atomic E-state index is 5.91. The fourth-order valence-electron chi connectivity index (χ4n) is 2.30. The lowest BCUT2D eigenvalue weighted by molar-refractivity contribution is -0.0175. The number of nitrogen functional groups attached to an aromatic ring is 1. The molecular formula is C16H17NO3. The number of nitrogens with two attached hydrogens (primary N) is 1. The van der Waals surface area contributed by atoms with Gasteiger partial charge in [0.25, 0.3) is 0 Å². The van der Waals surface area contributed by atoms with Gasteiger partial charge < -0.3 is 19.9 Å². The van der Waals surface area contributed by atoms with Crippen LogP contribution in [-0.2, 0) is 18.0 Å². The Hall–Kier alpha value is -2.20. The van der Waals surface area contributed by atoms with Gasteiger partial charge in [0.05, 0.1) is 6.61 Å². The van der Waals surface area contributed by atoms with Crippen LogP contribution in [0.4, 0.5) is 5.69 Å². The topological polar surface area (TPSA) is 53.7 Å². The molecule has 4 heteroatoms. The Morgan fingerprint density at radius 3 is 3.00 bits per heavy atom. The van der Waals surface area contributed by atoms with Crippen molar-refractivity contribution in [2.24, 2.45) is 0 Å². The van der Waals surface area contributed by atoms with E-state index in [4.69, 9.17) is 19.9 Å². The third-order valence-electron chi connectivity index (χ3n) is 3.19. The zero-order valence-corrected chi connectivity index (χ0v) is 11.4. The van der Waals surface area contributed by atoms with Crippen LogP contribution < -0.4 is 15.2 Å². The van der Waals surface area contributed by atoms with Gasteiger partial charge in [0.15, 0.2) is 6.79 Å². The van der Waals surface area contributed by atoms with E-state index in [2.05, 4.69) is 0 Å². The minimum absolute atomic E-state index is 0.272. The second-order valence-corrected chi connectivity index (χ2v) is 4.88. The molecule has 0 saturated heterocycles. The smallest absolute Gasteiger partial charge is 0.189 e. The minimum Gasteiger partial charge on any atom is -0.489 e. The molecule has 0 atom stereocenters. The van der Waals surface area contributed by atoms with Gasteiger partial charge >= 0.3 is 0 Å². The molecule has 0 aromatic heterocycles. The van der Waals surface area contributed by atoms with Gasteiger partial charge in [0.1, 0.15) is 18.1 Å². The van der Waals surface area contributed by atoms with Crippen LogP contribution in [0, 0.1) is 6.92 Å². The van der Waals surface area contributed by atoms with Crippen molar-refractivity contribution >= 4 is 5.69 Å². The normalized spacial score (nSPS) is 13.4. The molecule has 104 valence electrons. The predicted octanol–water partition coefficient (Wildman–Crippen LogP) is 3.02. The first-order chi connectivity index (χ1) is 9.72. The van der Waals surface area contributed by atoms with E-state index in [1.165, 1.54) is 5.56 Å². The second kappa shape index (κ2) is 5.43. The highest BCUT2D eigenvalue weighted by atomic mass is 16.7. The number of hydrogen-bond acceptors (Lipinski definition) is 4. The summed E-state index contributed by atoms with van der Waals surface area (Å²) in [5.74, 6) is 1.67. The Labute approximate surface area is 118 Å². The van der Waals surface area contributed by atoms with Gasteiger partial charge in [0, 0.05) is 16.8 Å². The molecule has 1 aliphatic rings. The molecule has 0 unspecified atom stereocenters. The first kappa shape index (κ1) is 12.8. The summed E-state index contributed by atoms with van der Waals surface area (Å²) in [6.07, 6.45) is 0. The molecule has 0 radical (unpaired) electrons. The summed E-state index contributed by atoms with van der Waals surface area (Å²) in [4.78, 5) is 0. The summed E-state index contributed by atoms with van der Waals surface area (Å²) in [5.41, 5.74) is 9.69. The van der Waals surface area contributed by atoms with Crippen molar-refractivity contribution in [1.82, 2.24) is 0 Å². The molecule has 1 aliphatic heterocycles. The van der Waals surface area contributed by atoms with Crippen LogP contribution in [0.2, 0.25) is 0 Å². The molecule has 2 aromatic carbocycles. The van der Waals surface area contributed by atoms with Crippen LogP contribution in [0.3, 0.4) is 0 Å². The Kier molecular flexibility index (Phi) is 3.48. The largest absolute Gasteiger partial charge is 0.489 e. The number of ether oxygens (including phenoxy) is 3. The number of rotatable bonds is 3. The van der Waals surface area contributed by atoms with Crippen molar-refractivity contribution in [3.8, 4) is 11.5 Å². The molecular weight excluding hydrogens is 254 g/mol. The molecule has 0 spiro atoms. The zero-order valence-electron chi connectivity index (χ0n) is 11.4. The first-order valence-corrected chi connectivity index (χ1v) is 6.53. The average molecular weight is 271 g/mol. The molecule has 0 fully saturated rings. The summed E-state index contributed by atoms with van der Waals surface area (Å²) in [6, 6.07) is 11.7. The molecule has 0 amide bonds. The van der Waals surface area contributed by atoms with Crippen LogP contribution in [0.15, 0.2) is 36.4 Å². The molecule has 2 aromatic rings. The van der Waals surface area contributed by atoms with Gasteiger partial charge in [-0.25, -0.2) is 0 Å². The van der Waals surface area contributed by atoms with Gasteiger partial charge in [-0.2, -0.15) is 0 Å². The molecule has 0 saturated carbocycles. The van der Waals surface area contributed by atoms with Gasteiger partial charge in [-0.15, -0.1) is 0 Å². The summed E-state index contributed by atoms with van der Waals surface area (Å²) >= 11 is 0. The van der Waals surface area contributed by atoms with Crippen molar-refractivity contribution in [1.29, 1.82) is 0 Å². The minimum atomic E-state index is 0.272. The lowest BCUT2D eigenvalue weighted by Gasteiger charge is -2.21. The summed E-state index contributed by atoms with van der Waals surface area (Å²) < 4.78 is 16.6. The fourth-order valence-corrected chi connectivity index (χ4v) is 2.30. The van der Waals surface area contributed by atoms with E-state index in [-0.39, 0.29) is 6.79 Å². The van der Waals surface area contributed by atoms with Crippen LogP contribution in [0.5, 0.6) is 11.5 Å². The highest BCUT2D eigenvalue weighted by Crippen LogP contribution is 2.31. The highest BCUT2D eigenvalue weighted by molar-refractivity contribution is 5.53. The molecule has 3 rings (SSSR count). The van der Waals surface area contributed by atoms with Crippen LogP contribution >= 0.6 is 0 Å². The van der Waals surface area contributed by atoms with Crippen LogP contribution in [0.25, 0.3) is 0 Å². The Bertz CT molecular complexity index is 625. The van der Waals surface area contributed by atoms with Crippen molar-refractivity contribution in [3.63, 3.8) is 0 Å². The van der Waals surface area contributed by atoms with Crippen molar-refractivity contribution in [3.05, 3.63) is 53.1 Å². The molecule has 2 N–H and O–H groups in total. The number of fused-ring (bicyclic) bond motifs is 1. The van der Waals surface area contributed by atoms with E-state index >= 15 is 0 Å². The molecule has 0 aliphatic carbocycles.